The molecule has 0 atom stereocenters. The molecule has 0 aliphatic carbocycles. The van der Waals surface area contributed by atoms with Crippen molar-refractivity contribution >= 4 is 33.6 Å². The lowest BCUT2D eigenvalue weighted by atomic mass is 10.2. The molecule has 0 bridgehead atoms. The fraction of sp³-hybridized carbons (Fsp3) is 0.273. The lowest BCUT2D eigenvalue weighted by molar-refractivity contribution is 0.550. The van der Waals surface area contributed by atoms with Gasteiger partial charge in [-0.2, -0.15) is 4.98 Å². The number of alkyl halides is 1. The van der Waals surface area contributed by atoms with Crippen LogP contribution in [0, 0.1) is 0 Å². The lowest BCUT2D eigenvalue weighted by Gasteiger charge is -2.17. The van der Waals surface area contributed by atoms with E-state index in [1.165, 1.54) is 4.57 Å². The van der Waals surface area contributed by atoms with Crippen LogP contribution in [0.15, 0.2) is 64.2 Å². The van der Waals surface area contributed by atoms with Crippen LogP contribution in [-0.4, -0.2) is 23.5 Å². The van der Waals surface area contributed by atoms with Crippen LogP contribution in [0.5, 0.6) is 0 Å². The van der Waals surface area contributed by atoms with Crippen molar-refractivity contribution in [1.82, 2.24) is 19.1 Å². The van der Waals surface area contributed by atoms with Crippen LogP contribution in [0.1, 0.15) is 25.7 Å². The molecular formula is C22H21IN4O2. The van der Waals surface area contributed by atoms with Crippen LogP contribution in [-0.2, 0) is 6.54 Å². The zero-order chi connectivity index (χ0) is 20.2. The summed E-state index contributed by atoms with van der Waals surface area (Å²) in [7, 11) is 0. The van der Waals surface area contributed by atoms with Gasteiger partial charge in [-0.15, -0.1) is 0 Å². The van der Waals surface area contributed by atoms with Gasteiger partial charge >= 0.3 is 5.69 Å². The summed E-state index contributed by atoms with van der Waals surface area (Å²) in [6, 6.07) is 17.2. The molecule has 0 saturated carbocycles. The van der Waals surface area contributed by atoms with E-state index < -0.39 is 5.69 Å². The van der Waals surface area contributed by atoms with Gasteiger partial charge in [-0.3, -0.25) is 13.9 Å². The number of hydrogen-bond donors (Lipinski definition) is 0. The summed E-state index contributed by atoms with van der Waals surface area (Å²) < 4.78 is 4.19. The molecule has 29 heavy (non-hydrogen) atoms. The first kappa shape index (κ1) is 19.8. The number of fused-ring (bicyclic) bond motifs is 2. The van der Waals surface area contributed by atoms with Crippen LogP contribution >= 0.6 is 22.6 Å². The molecule has 0 spiro atoms. The normalized spacial score (nSPS) is 11.3. The van der Waals surface area contributed by atoms with Gasteiger partial charge in [-0.1, -0.05) is 65.8 Å². The molecule has 6 nitrogen and oxygen atoms in total. The minimum atomic E-state index is -0.516. The Morgan fingerprint density at radius 1 is 0.828 bits per heavy atom. The number of benzene rings is 2. The molecule has 0 amide bonds. The second-order valence-electron chi connectivity index (χ2n) is 6.90. The zero-order valence-corrected chi connectivity index (χ0v) is 18.1. The summed E-state index contributed by atoms with van der Waals surface area (Å²) in [5, 5.41) is 0. The quantitative estimate of drug-likeness (QED) is 0.166. The second-order valence-corrected chi connectivity index (χ2v) is 7.98. The van der Waals surface area contributed by atoms with E-state index in [1.807, 2.05) is 59.2 Å². The predicted octanol–water partition coefficient (Wildman–Crippen LogP) is 4.04. The molecule has 2 heterocycles. The molecule has 2 aliphatic rings. The molecule has 0 aromatic heterocycles. The number of halogens is 1. The Balaban J connectivity index is 1.88. The number of para-hydroxylation sites is 3. The summed E-state index contributed by atoms with van der Waals surface area (Å²) in [6.07, 6.45) is 4.03. The van der Waals surface area contributed by atoms with Crippen molar-refractivity contribution in [2.75, 3.05) is 4.43 Å². The van der Waals surface area contributed by atoms with E-state index in [4.69, 9.17) is 0 Å². The molecule has 0 saturated heterocycles. The summed E-state index contributed by atoms with van der Waals surface area (Å²) >= 11 is 2.36. The van der Waals surface area contributed by atoms with E-state index in [2.05, 4.69) is 32.6 Å². The van der Waals surface area contributed by atoms with Gasteiger partial charge in [0.05, 0.1) is 11.0 Å². The van der Waals surface area contributed by atoms with E-state index in [9.17, 15) is 9.59 Å². The van der Waals surface area contributed by atoms with Crippen molar-refractivity contribution in [2.45, 2.75) is 32.2 Å². The van der Waals surface area contributed by atoms with Crippen molar-refractivity contribution in [3.8, 4) is 17.2 Å². The third-order valence-electron chi connectivity index (χ3n) is 4.94. The predicted molar refractivity (Wildman–Crippen MR) is 123 cm³/mol. The summed E-state index contributed by atoms with van der Waals surface area (Å²) in [4.78, 5) is 34.7. The summed E-state index contributed by atoms with van der Waals surface area (Å²) in [6.45, 7) is 0.377. The Bertz CT molecular complexity index is 1220. The maximum Gasteiger partial charge on any atom is 0.352 e. The topological polar surface area (TPSA) is 69.8 Å². The van der Waals surface area contributed by atoms with Gasteiger partial charge in [0.2, 0.25) is 0 Å². The standard InChI is InChI=1S/C22H21IN4O2/c23-14-8-1-2-9-15-26-21(28)19-20(25-22(26)29)27(16-10-4-3-5-11-16)18-13-7-6-12-17(18)24-19/h3-7,10-13H,1-2,8-9,14-15H2. The van der Waals surface area contributed by atoms with Crippen molar-refractivity contribution in [1.29, 1.82) is 0 Å². The number of hydrogen-bond acceptors (Lipinski definition) is 4. The fourth-order valence-electron chi connectivity index (χ4n) is 3.50. The molecule has 0 fully saturated rings. The Hall–Kier alpha value is -2.55. The summed E-state index contributed by atoms with van der Waals surface area (Å²) in [5.74, 6) is 0.297. The van der Waals surface area contributed by atoms with Crippen molar-refractivity contribution < 1.29 is 0 Å². The minimum absolute atomic E-state index is 0.222. The fourth-order valence-corrected chi connectivity index (χ4v) is 4.04. The maximum atomic E-state index is 13.1. The maximum absolute atomic E-state index is 13.1. The largest absolute Gasteiger partial charge is 0.352 e. The van der Waals surface area contributed by atoms with E-state index in [1.54, 1.807) is 0 Å². The van der Waals surface area contributed by atoms with Gasteiger partial charge in [-0.05, 0) is 41.5 Å². The highest BCUT2D eigenvalue weighted by Gasteiger charge is 2.22. The molecular weight excluding hydrogens is 479 g/mol. The van der Waals surface area contributed by atoms with Crippen LogP contribution < -0.4 is 11.2 Å². The van der Waals surface area contributed by atoms with Crippen LogP contribution in [0.4, 0.5) is 0 Å². The van der Waals surface area contributed by atoms with Gasteiger partial charge in [0.1, 0.15) is 0 Å². The second kappa shape index (κ2) is 8.86. The number of unbranched alkanes of at least 4 members (excludes halogenated alkanes) is 3. The van der Waals surface area contributed by atoms with Crippen LogP contribution in [0.2, 0.25) is 0 Å². The Labute approximate surface area is 181 Å². The van der Waals surface area contributed by atoms with Crippen molar-refractivity contribution in [3.63, 3.8) is 0 Å². The highest BCUT2D eigenvalue weighted by Crippen LogP contribution is 2.24. The molecule has 148 valence electrons. The molecule has 0 radical (unpaired) electrons. The first-order valence-corrected chi connectivity index (χ1v) is 11.3. The zero-order valence-electron chi connectivity index (χ0n) is 15.9. The van der Waals surface area contributed by atoms with Gasteiger partial charge < -0.3 is 0 Å². The third kappa shape index (κ3) is 3.96. The van der Waals surface area contributed by atoms with Crippen molar-refractivity contribution in [2.24, 2.45) is 0 Å². The van der Waals surface area contributed by atoms with E-state index in [-0.39, 0.29) is 11.3 Å². The Kier molecular flexibility index (Phi) is 6.03. The number of nitrogens with zero attached hydrogens (tertiary/aromatic N) is 4. The molecule has 7 heteroatoms. The highest BCUT2D eigenvalue weighted by atomic mass is 127. The molecule has 0 N–H and O–H groups in total. The van der Waals surface area contributed by atoms with Gasteiger partial charge in [0.25, 0.3) is 5.56 Å². The van der Waals surface area contributed by atoms with Crippen LogP contribution in [0.25, 0.3) is 28.2 Å². The number of aromatic nitrogens is 4. The third-order valence-corrected chi connectivity index (χ3v) is 5.70. The molecule has 0 unspecified atom stereocenters. The first-order valence-electron chi connectivity index (χ1n) is 9.74. The van der Waals surface area contributed by atoms with E-state index in [0.717, 1.165) is 41.3 Å². The van der Waals surface area contributed by atoms with Crippen molar-refractivity contribution in [3.05, 3.63) is 75.4 Å². The SMILES string of the molecule is O=c1nc2n(-c3ccccc3)c3ccccc3nc-2c(=O)n1CCCCCCI. The van der Waals surface area contributed by atoms with E-state index in [0.29, 0.717) is 17.9 Å². The van der Waals surface area contributed by atoms with Gasteiger partial charge in [0.15, 0.2) is 11.5 Å². The van der Waals surface area contributed by atoms with Gasteiger partial charge in [-0.25, -0.2) is 9.78 Å². The monoisotopic (exact) mass is 500 g/mol. The first-order chi connectivity index (χ1) is 14.2. The molecule has 2 aliphatic heterocycles. The molecule has 2 aromatic rings. The van der Waals surface area contributed by atoms with E-state index >= 15 is 0 Å². The Morgan fingerprint density at radius 2 is 1.55 bits per heavy atom. The summed E-state index contributed by atoms with van der Waals surface area (Å²) in [5.41, 5.74) is 1.66. The average molecular weight is 500 g/mol. The minimum Gasteiger partial charge on any atom is -0.291 e. The highest BCUT2D eigenvalue weighted by molar-refractivity contribution is 14.1. The Morgan fingerprint density at radius 3 is 2.34 bits per heavy atom. The average Bonchev–Trinajstić information content (AvgIpc) is 2.75. The van der Waals surface area contributed by atoms with Crippen LogP contribution in [0.3, 0.4) is 0 Å². The molecule has 2 aromatic carbocycles. The molecule has 4 rings (SSSR count). The lowest BCUT2D eigenvalue weighted by Crippen LogP contribution is -2.38. The smallest absolute Gasteiger partial charge is 0.291 e. The number of rotatable bonds is 7. The van der Waals surface area contributed by atoms with Gasteiger partial charge in [0, 0.05) is 12.2 Å².